The van der Waals surface area contributed by atoms with Gasteiger partial charge in [-0.05, 0) is 59.0 Å². The summed E-state index contributed by atoms with van der Waals surface area (Å²) in [6, 6.07) is 6.24. The summed E-state index contributed by atoms with van der Waals surface area (Å²) < 4.78 is 38.1. The number of aryl methyl sites for hydroxylation is 2. The van der Waals surface area contributed by atoms with E-state index in [-0.39, 0.29) is 29.6 Å². The van der Waals surface area contributed by atoms with Crippen molar-refractivity contribution in [3.8, 4) is 0 Å². The largest absolute Gasteiger partial charge is 0.373 e. The van der Waals surface area contributed by atoms with Crippen LogP contribution in [0.4, 0.5) is 5.69 Å². The molecule has 0 spiro atoms. The number of anilines is 1. The number of carbonyl (C=O) groups excluding carboxylic acids is 1. The summed E-state index contributed by atoms with van der Waals surface area (Å²) in [5.41, 5.74) is 2.32. The second kappa shape index (κ2) is 9.47. The molecule has 1 N–H and O–H groups in total. The van der Waals surface area contributed by atoms with E-state index in [1.54, 1.807) is 12.1 Å². The van der Waals surface area contributed by atoms with Crippen molar-refractivity contribution in [1.82, 2.24) is 14.4 Å². The predicted molar refractivity (Wildman–Crippen MR) is 116 cm³/mol. The van der Waals surface area contributed by atoms with E-state index in [1.807, 2.05) is 39.6 Å². The van der Waals surface area contributed by atoms with Crippen LogP contribution in [-0.2, 0) is 26.1 Å². The fourth-order valence-corrected chi connectivity index (χ4v) is 5.28. The monoisotopic (exact) mass is 450 g/mol. The Balaban J connectivity index is 1.59. The lowest BCUT2D eigenvalue weighted by Crippen LogP contribution is -2.48. The van der Waals surface area contributed by atoms with E-state index in [0.29, 0.717) is 25.3 Å². The molecule has 1 aliphatic rings. The lowest BCUT2D eigenvalue weighted by molar-refractivity contribution is -0.117. The number of aromatic nitrogens is 1. The molecule has 10 heteroatoms. The molecule has 1 fully saturated rings. The molecule has 2 heterocycles. The number of amides is 1. The average Bonchev–Trinajstić information content (AvgIpc) is 2.99. The summed E-state index contributed by atoms with van der Waals surface area (Å²) >= 11 is 0. The molecule has 2 unspecified atom stereocenters. The number of nitrogens with one attached hydrogen (secondary N) is 1. The molecule has 0 radical (unpaired) electrons. The Morgan fingerprint density at radius 2 is 1.81 bits per heavy atom. The molecule has 9 nitrogen and oxygen atoms in total. The third-order valence-corrected chi connectivity index (χ3v) is 7.03. The Hall–Kier alpha value is -2.27. The molecule has 170 valence electrons. The smallest absolute Gasteiger partial charge is 0.243 e. The highest BCUT2D eigenvalue weighted by Crippen LogP contribution is 2.22. The van der Waals surface area contributed by atoms with Crippen molar-refractivity contribution >= 4 is 21.6 Å². The van der Waals surface area contributed by atoms with Gasteiger partial charge in [0.25, 0.3) is 0 Å². The van der Waals surface area contributed by atoms with Gasteiger partial charge in [-0.2, -0.15) is 4.31 Å². The van der Waals surface area contributed by atoms with Crippen LogP contribution < -0.4 is 5.32 Å². The van der Waals surface area contributed by atoms with Gasteiger partial charge in [0.15, 0.2) is 0 Å². The Kier molecular flexibility index (Phi) is 7.15. The van der Waals surface area contributed by atoms with Crippen molar-refractivity contribution in [3.05, 3.63) is 41.3 Å². The number of morpholine rings is 1. The predicted octanol–water partition coefficient (Wildman–Crippen LogP) is 2.16. The summed E-state index contributed by atoms with van der Waals surface area (Å²) in [4.78, 5) is 14.4. The molecule has 0 bridgehead atoms. The van der Waals surface area contributed by atoms with Gasteiger partial charge in [0, 0.05) is 30.9 Å². The van der Waals surface area contributed by atoms with Crippen LogP contribution in [0.1, 0.15) is 30.9 Å². The number of rotatable bonds is 7. The van der Waals surface area contributed by atoms with Gasteiger partial charge in [-0.25, -0.2) is 8.42 Å². The van der Waals surface area contributed by atoms with Crippen LogP contribution in [0.3, 0.4) is 0 Å². The van der Waals surface area contributed by atoms with Gasteiger partial charge in [0.2, 0.25) is 15.9 Å². The maximum atomic E-state index is 12.9. The number of carbonyl (C=O) groups is 1. The van der Waals surface area contributed by atoms with Crippen LogP contribution in [0, 0.1) is 13.8 Å². The summed E-state index contributed by atoms with van der Waals surface area (Å²) in [7, 11) is -1.77. The normalized spacial score (nSPS) is 20.2. The number of sulfonamides is 1. The third-order valence-electron chi connectivity index (χ3n) is 5.18. The Morgan fingerprint density at radius 3 is 2.35 bits per heavy atom. The van der Waals surface area contributed by atoms with Gasteiger partial charge in [0.1, 0.15) is 5.76 Å². The van der Waals surface area contributed by atoms with Crippen molar-refractivity contribution < 1.29 is 22.5 Å². The van der Waals surface area contributed by atoms with Crippen molar-refractivity contribution in [1.29, 1.82) is 0 Å². The van der Waals surface area contributed by atoms with E-state index < -0.39 is 10.0 Å². The zero-order valence-corrected chi connectivity index (χ0v) is 19.4. The Labute approximate surface area is 183 Å². The van der Waals surface area contributed by atoms with E-state index in [0.717, 1.165) is 17.0 Å². The molecule has 1 aliphatic heterocycles. The van der Waals surface area contributed by atoms with Crippen LogP contribution in [0.5, 0.6) is 0 Å². The number of hydrogen-bond donors (Lipinski definition) is 1. The third kappa shape index (κ3) is 5.70. The molecule has 1 saturated heterocycles. The maximum absolute atomic E-state index is 12.9. The van der Waals surface area contributed by atoms with Gasteiger partial charge < -0.3 is 14.6 Å². The van der Waals surface area contributed by atoms with Gasteiger partial charge in [0.05, 0.1) is 29.3 Å². The number of ether oxygens (including phenoxy) is 1. The molecule has 1 amide bonds. The van der Waals surface area contributed by atoms with Gasteiger partial charge in [-0.1, -0.05) is 5.16 Å². The average molecular weight is 451 g/mol. The van der Waals surface area contributed by atoms with Crippen LogP contribution in [0.15, 0.2) is 33.7 Å². The Bertz CT molecular complexity index is 989. The topological polar surface area (TPSA) is 105 Å². The first-order valence-corrected chi connectivity index (χ1v) is 11.7. The first-order chi connectivity index (χ1) is 14.6. The minimum Gasteiger partial charge on any atom is -0.373 e. The number of nitrogens with zero attached hydrogens (tertiary/aromatic N) is 3. The summed E-state index contributed by atoms with van der Waals surface area (Å²) in [6.45, 7) is 8.80. The zero-order valence-electron chi connectivity index (χ0n) is 18.6. The van der Waals surface area contributed by atoms with Gasteiger partial charge in [-0.15, -0.1) is 0 Å². The van der Waals surface area contributed by atoms with Crippen molar-refractivity contribution in [2.45, 2.75) is 51.3 Å². The van der Waals surface area contributed by atoms with Crippen LogP contribution in [0.2, 0.25) is 0 Å². The Morgan fingerprint density at radius 1 is 1.19 bits per heavy atom. The first kappa shape index (κ1) is 23.4. The van der Waals surface area contributed by atoms with E-state index in [9.17, 15) is 13.2 Å². The zero-order chi connectivity index (χ0) is 22.8. The van der Waals surface area contributed by atoms with E-state index >= 15 is 0 Å². The summed E-state index contributed by atoms with van der Waals surface area (Å²) in [5.74, 6) is 0.548. The lowest BCUT2D eigenvalue weighted by Gasteiger charge is -2.34. The molecular formula is C21H30N4O5S. The standard InChI is InChI=1S/C21H30N4O5S/c1-14-10-25(11-15(2)29-14)31(27,28)19-8-6-18(7-9-19)22-21(26)13-24(5)12-20-16(3)23-30-17(20)4/h6-9,14-15H,10-13H2,1-5H3,(H,22,26). The molecule has 31 heavy (non-hydrogen) atoms. The maximum Gasteiger partial charge on any atom is 0.243 e. The molecule has 0 aliphatic carbocycles. The first-order valence-electron chi connectivity index (χ1n) is 10.2. The molecule has 1 aromatic heterocycles. The second-order valence-electron chi connectivity index (χ2n) is 8.13. The minimum absolute atomic E-state index is 0.153. The van der Waals surface area contributed by atoms with E-state index in [2.05, 4.69) is 10.5 Å². The summed E-state index contributed by atoms with van der Waals surface area (Å²) in [5, 5.41) is 6.73. The van der Waals surface area contributed by atoms with Crippen LogP contribution in [-0.4, -0.2) is 67.6 Å². The molecule has 2 aromatic rings. The molecule has 3 rings (SSSR count). The van der Waals surface area contributed by atoms with Gasteiger partial charge >= 0.3 is 0 Å². The van der Waals surface area contributed by atoms with E-state index in [1.165, 1.54) is 16.4 Å². The molecule has 2 atom stereocenters. The van der Waals surface area contributed by atoms with Crippen LogP contribution in [0.25, 0.3) is 0 Å². The molecule has 0 saturated carbocycles. The fraction of sp³-hybridized carbons (Fsp3) is 0.524. The van der Waals surface area contributed by atoms with Crippen molar-refractivity contribution in [2.75, 3.05) is 32.0 Å². The van der Waals surface area contributed by atoms with Crippen molar-refractivity contribution in [3.63, 3.8) is 0 Å². The fourth-order valence-electron chi connectivity index (χ4n) is 3.69. The molecular weight excluding hydrogens is 420 g/mol. The second-order valence-corrected chi connectivity index (χ2v) is 10.1. The summed E-state index contributed by atoms with van der Waals surface area (Å²) in [6.07, 6.45) is -0.307. The number of benzene rings is 1. The highest BCUT2D eigenvalue weighted by Gasteiger charge is 2.32. The number of likely N-dealkylation sites (N-methyl/N-ethyl adjacent to an activating group) is 1. The number of hydrogen-bond acceptors (Lipinski definition) is 7. The highest BCUT2D eigenvalue weighted by atomic mass is 32.2. The lowest BCUT2D eigenvalue weighted by atomic mass is 10.2. The van der Waals surface area contributed by atoms with Crippen molar-refractivity contribution in [2.24, 2.45) is 0 Å². The molecule has 1 aromatic carbocycles. The van der Waals surface area contributed by atoms with E-state index in [4.69, 9.17) is 9.26 Å². The minimum atomic E-state index is -3.61. The quantitative estimate of drug-likeness (QED) is 0.689. The van der Waals surface area contributed by atoms with Crippen LogP contribution >= 0.6 is 0 Å². The van der Waals surface area contributed by atoms with Gasteiger partial charge in [-0.3, -0.25) is 9.69 Å². The SMILES string of the molecule is Cc1noc(C)c1CN(C)CC(=O)Nc1ccc(S(=O)(=O)N2CC(C)OC(C)C2)cc1. The highest BCUT2D eigenvalue weighted by molar-refractivity contribution is 7.89.